The first-order valence-corrected chi connectivity index (χ1v) is 8.09. The van der Waals surface area contributed by atoms with Gasteiger partial charge in [0.05, 0.1) is 12.4 Å². The number of rotatable bonds is 6. The summed E-state index contributed by atoms with van der Waals surface area (Å²) in [5, 5.41) is 9.53. The Balaban J connectivity index is 2.56. The molecule has 0 amide bonds. The average Bonchev–Trinajstić information content (AvgIpc) is 2.26. The first-order valence-electron chi connectivity index (χ1n) is 6.03. The van der Waals surface area contributed by atoms with Gasteiger partial charge in [-0.3, -0.25) is 0 Å². The minimum atomic E-state index is -2.90. The highest BCUT2D eigenvalue weighted by Gasteiger charge is 2.33. The Morgan fingerprint density at radius 2 is 2.24 bits per heavy atom. The van der Waals surface area contributed by atoms with Crippen molar-refractivity contribution in [2.24, 2.45) is 5.41 Å². The molecule has 0 aromatic heterocycles. The molecule has 1 N–H and O–H groups in total. The number of nitrogens with zero attached hydrogens (tertiary/aromatic N) is 1. The normalized spacial score (nSPS) is 26.9. The number of hydrogen-bond acceptors (Lipinski definition) is 4. The van der Waals surface area contributed by atoms with Gasteiger partial charge in [-0.05, 0) is 25.8 Å². The number of hydrogen-bond donors (Lipinski definition) is 1. The van der Waals surface area contributed by atoms with Gasteiger partial charge in [0, 0.05) is 24.8 Å². The van der Waals surface area contributed by atoms with E-state index in [9.17, 15) is 13.5 Å². The van der Waals surface area contributed by atoms with E-state index in [4.69, 9.17) is 0 Å². The average molecular weight is 261 g/mol. The summed E-state index contributed by atoms with van der Waals surface area (Å²) in [6.07, 6.45) is 5.90. The lowest BCUT2D eigenvalue weighted by Crippen LogP contribution is -2.46. The van der Waals surface area contributed by atoms with Crippen molar-refractivity contribution in [3.05, 3.63) is 12.7 Å². The van der Waals surface area contributed by atoms with Gasteiger partial charge >= 0.3 is 0 Å². The van der Waals surface area contributed by atoms with E-state index in [0.717, 1.165) is 32.4 Å². The van der Waals surface area contributed by atoms with Crippen LogP contribution >= 0.6 is 0 Å². The highest BCUT2D eigenvalue weighted by Crippen LogP contribution is 2.33. The minimum absolute atomic E-state index is 0.114. The zero-order valence-electron chi connectivity index (χ0n) is 10.6. The molecule has 0 aromatic rings. The Morgan fingerprint density at radius 3 is 2.76 bits per heavy atom. The Labute approximate surface area is 104 Å². The minimum Gasteiger partial charge on any atom is -0.396 e. The molecule has 17 heavy (non-hydrogen) atoms. The van der Waals surface area contributed by atoms with Gasteiger partial charge in [-0.1, -0.05) is 6.08 Å². The zero-order chi connectivity index (χ0) is 12.9. The van der Waals surface area contributed by atoms with Crippen molar-refractivity contribution < 1.29 is 13.5 Å². The van der Waals surface area contributed by atoms with Crippen LogP contribution in [0.5, 0.6) is 0 Å². The highest BCUT2D eigenvalue weighted by atomic mass is 32.2. The van der Waals surface area contributed by atoms with Gasteiger partial charge < -0.3 is 10.0 Å². The van der Waals surface area contributed by atoms with Gasteiger partial charge in [0.1, 0.15) is 9.84 Å². The van der Waals surface area contributed by atoms with Crippen LogP contribution in [0.15, 0.2) is 12.7 Å². The van der Waals surface area contributed by atoms with Gasteiger partial charge in [-0.25, -0.2) is 8.42 Å². The van der Waals surface area contributed by atoms with Gasteiger partial charge in [0.25, 0.3) is 0 Å². The van der Waals surface area contributed by atoms with Crippen LogP contribution in [0.25, 0.3) is 0 Å². The lowest BCUT2D eigenvalue weighted by Gasteiger charge is -2.41. The Bertz CT molecular complexity index is 353. The third-order valence-electron chi connectivity index (χ3n) is 3.43. The first kappa shape index (κ1) is 14.7. The molecule has 0 spiro atoms. The molecule has 100 valence electrons. The third kappa shape index (κ3) is 4.77. The molecule has 1 aliphatic rings. The zero-order valence-corrected chi connectivity index (χ0v) is 11.4. The number of aliphatic hydroxyl groups excluding tert-OH is 1. The predicted molar refractivity (Wildman–Crippen MR) is 69.7 cm³/mol. The fraction of sp³-hybridized carbons (Fsp3) is 0.833. The monoisotopic (exact) mass is 261 g/mol. The highest BCUT2D eigenvalue weighted by molar-refractivity contribution is 7.90. The molecular formula is C12H23NO3S. The molecule has 0 saturated carbocycles. The summed E-state index contributed by atoms with van der Waals surface area (Å²) >= 11 is 0. The molecular weight excluding hydrogens is 238 g/mol. The van der Waals surface area contributed by atoms with Crippen molar-refractivity contribution >= 4 is 9.84 Å². The van der Waals surface area contributed by atoms with Crippen LogP contribution in [-0.4, -0.2) is 56.7 Å². The summed E-state index contributed by atoms with van der Waals surface area (Å²) in [4.78, 5) is 2.14. The molecule has 1 atom stereocenters. The second-order valence-corrected chi connectivity index (χ2v) is 7.42. The van der Waals surface area contributed by atoms with Crippen LogP contribution in [0.2, 0.25) is 0 Å². The van der Waals surface area contributed by atoms with E-state index in [2.05, 4.69) is 11.5 Å². The van der Waals surface area contributed by atoms with E-state index in [1.54, 1.807) is 0 Å². The molecule has 1 heterocycles. The van der Waals surface area contributed by atoms with Gasteiger partial charge in [-0.15, -0.1) is 6.58 Å². The fourth-order valence-electron chi connectivity index (χ4n) is 2.46. The van der Waals surface area contributed by atoms with Crippen LogP contribution in [0.4, 0.5) is 0 Å². The van der Waals surface area contributed by atoms with Crippen LogP contribution in [-0.2, 0) is 9.84 Å². The van der Waals surface area contributed by atoms with Crippen molar-refractivity contribution in [1.82, 2.24) is 4.90 Å². The van der Waals surface area contributed by atoms with Gasteiger partial charge in [-0.2, -0.15) is 0 Å². The summed E-state index contributed by atoms with van der Waals surface area (Å²) in [6, 6.07) is 0. The predicted octanol–water partition coefficient (Wildman–Crippen LogP) is 0.682. The number of aliphatic hydroxyl groups is 1. The second kappa shape index (κ2) is 5.98. The summed E-state index contributed by atoms with van der Waals surface area (Å²) in [5.74, 6) is 0.197. The molecule has 0 aromatic carbocycles. The SMILES string of the molecule is C=CC[C@@]1(CO)CCCN(CCS(C)(=O)=O)C1. The summed E-state index contributed by atoms with van der Waals surface area (Å²) in [7, 11) is -2.90. The largest absolute Gasteiger partial charge is 0.396 e. The lowest BCUT2D eigenvalue weighted by atomic mass is 9.78. The third-order valence-corrected chi connectivity index (χ3v) is 4.36. The Hall–Kier alpha value is -0.390. The quantitative estimate of drug-likeness (QED) is 0.714. The van der Waals surface area contributed by atoms with Crippen LogP contribution in [0.1, 0.15) is 19.3 Å². The van der Waals surface area contributed by atoms with Crippen molar-refractivity contribution in [2.45, 2.75) is 19.3 Å². The van der Waals surface area contributed by atoms with Crippen molar-refractivity contribution in [3.63, 3.8) is 0 Å². The van der Waals surface area contributed by atoms with E-state index < -0.39 is 9.84 Å². The van der Waals surface area contributed by atoms with Gasteiger partial charge in [0.15, 0.2) is 0 Å². The van der Waals surface area contributed by atoms with Gasteiger partial charge in [0.2, 0.25) is 0 Å². The van der Waals surface area contributed by atoms with Crippen LogP contribution < -0.4 is 0 Å². The summed E-state index contributed by atoms with van der Waals surface area (Å²) in [6.45, 7) is 6.14. The van der Waals surface area contributed by atoms with Crippen LogP contribution in [0.3, 0.4) is 0 Å². The Kier molecular flexibility index (Phi) is 5.16. The lowest BCUT2D eigenvalue weighted by molar-refractivity contribution is 0.0372. The molecule has 0 radical (unpaired) electrons. The maximum Gasteiger partial charge on any atom is 0.148 e. The molecule has 1 rings (SSSR count). The number of piperidine rings is 1. The molecule has 1 fully saturated rings. The number of likely N-dealkylation sites (tertiary alicyclic amines) is 1. The van der Waals surface area contributed by atoms with E-state index in [1.807, 2.05) is 6.08 Å². The summed E-state index contributed by atoms with van der Waals surface area (Å²) in [5.41, 5.74) is -0.114. The van der Waals surface area contributed by atoms with E-state index in [0.29, 0.717) is 6.54 Å². The summed E-state index contributed by atoms with van der Waals surface area (Å²) < 4.78 is 22.3. The van der Waals surface area contributed by atoms with E-state index in [1.165, 1.54) is 6.26 Å². The van der Waals surface area contributed by atoms with E-state index >= 15 is 0 Å². The molecule has 1 aliphatic heterocycles. The molecule has 0 aliphatic carbocycles. The van der Waals surface area contributed by atoms with E-state index in [-0.39, 0.29) is 17.8 Å². The molecule has 0 unspecified atom stereocenters. The van der Waals surface area contributed by atoms with Crippen molar-refractivity contribution in [3.8, 4) is 0 Å². The first-order chi connectivity index (χ1) is 7.91. The van der Waals surface area contributed by atoms with Crippen molar-refractivity contribution in [2.75, 3.05) is 38.2 Å². The number of allylic oxidation sites excluding steroid dienone is 1. The molecule has 0 bridgehead atoms. The topological polar surface area (TPSA) is 57.6 Å². The molecule has 4 nitrogen and oxygen atoms in total. The maximum absolute atomic E-state index is 11.1. The molecule has 5 heteroatoms. The smallest absolute Gasteiger partial charge is 0.148 e. The fourth-order valence-corrected chi connectivity index (χ4v) is 3.05. The molecule has 1 saturated heterocycles. The Morgan fingerprint density at radius 1 is 1.53 bits per heavy atom. The van der Waals surface area contributed by atoms with Crippen molar-refractivity contribution in [1.29, 1.82) is 0 Å². The second-order valence-electron chi connectivity index (χ2n) is 5.16. The number of sulfone groups is 1. The van der Waals surface area contributed by atoms with Crippen LogP contribution in [0, 0.1) is 5.41 Å². The maximum atomic E-state index is 11.1. The standard InChI is InChI=1S/C12H23NO3S/c1-3-5-12(11-14)6-4-7-13(10-12)8-9-17(2,15)16/h3,14H,1,4-11H2,2H3/t12-/m1/s1.